The van der Waals surface area contributed by atoms with Gasteiger partial charge in [-0.25, -0.2) is 4.98 Å². The molecule has 29 heavy (non-hydrogen) atoms. The quantitative estimate of drug-likeness (QED) is 0.733. The van der Waals surface area contributed by atoms with E-state index in [4.69, 9.17) is 9.47 Å². The summed E-state index contributed by atoms with van der Waals surface area (Å²) in [5, 5.41) is 3.53. The maximum atomic E-state index is 6.07. The zero-order chi connectivity index (χ0) is 20.1. The summed E-state index contributed by atoms with van der Waals surface area (Å²) in [5.74, 6) is 2.55. The number of likely N-dealkylation sites (tertiary alicyclic amines) is 1. The second kappa shape index (κ2) is 9.14. The van der Waals surface area contributed by atoms with Gasteiger partial charge in [-0.15, -0.1) is 0 Å². The molecule has 0 aliphatic carbocycles. The lowest BCUT2D eigenvalue weighted by atomic mass is 9.74. The minimum atomic E-state index is 0.0695. The highest BCUT2D eigenvalue weighted by Gasteiger charge is 2.34. The van der Waals surface area contributed by atoms with Gasteiger partial charge in [0.2, 0.25) is 0 Å². The van der Waals surface area contributed by atoms with Gasteiger partial charge in [0.15, 0.2) is 0 Å². The molecule has 2 aliphatic heterocycles. The molecule has 1 N–H and O–H groups in total. The molecule has 0 bridgehead atoms. The first kappa shape index (κ1) is 20.2. The van der Waals surface area contributed by atoms with Crippen LogP contribution in [0.5, 0.6) is 5.75 Å². The Balaban J connectivity index is 1.36. The molecule has 0 atom stereocenters. The highest BCUT2D eigenvalue weighted by Crippen LogP contribution is 2.36. The van der Waals surface area contributed by atoms with Gasteiger partial charge in [-0.3, -0.25) is 0 Å². The lowest BCUT2D eigenvalue weighted by molar-refractivity contribution is 0.0375. The number of nitrogens with one attached hydrogen (secondary N) is 1. The van der Waals surface area contributed by atoms with Crippen molar-refractivity contribution in [3.63, 3.8) is 0 Å². The summed E-state index contributed by atoms with van der Waals surface area (Å²) in [6.45, 7) is 10.1. The zero-order valence-electron chi connectivity index (χ0n) is 17.6. The maximum absolute atomic E-state index is 6.07. The van der Waals surface area contributed by atoms with Gasteiger partial charge in [0.25, 0.3) is 0 Å². The van der Waals surface area contributed by atoms with Gasteiger partial charge in [0.1, 0.15) is 11.6 Å². The van der Waals surface area contributed by atoms with Crippen molar-refractivity contribution < 1.29 is 9.47 Å². The van der Waals surface area contributed by atoms with Gasteiger partial charge in [0.05, 0.1) is 6.61 Å². The van der Waals surface area contributed by atoms with E-state index in [0.717, 1.165) is 63.9 Å². The number of benzene rings is 1. The Labute approximate surface area is 174 Å². The molecule has 156 valence electrons. The van der Waals surface area contributed by atoms with Crippen molar-refractivity contribution in [1.82, 2.24) is 9.88 Å². The third kappa shape index (κ3) is 4.90. The van der Waals surface area contributed by atoms with Crippen LogP contribution in [-0.2, 0) is 10.2 Å². The first-order chi connectivity index (χ1) is 14.1. The molecule has 4 rings (SSSR count). The number of rotatable bonds is 8. The largest absolute Gasteiger partial charge is 0.493 e. The molecule has 5 nitrogen and oxygen atoms in total. The van der Waals surface area contributed by atoms with Crippen LogP contribution in [0.4, 0.5) is 5.82 Å². The van der Waals surface area contributed by atoms with E-state index in [1.165, 1.54) is 5.56 Å². The van der Waals surface area contributed by atoms with Crippen molar-refractivity contribution in [3.8, 4) is 5.75 Å². The van der Waals surface area contributed by atoms with E-state index in [-0.39, 0.29) is 5.41 Å². The lowest BCUT2D eigenvalue weighted by Gasteiger charge is -2.41. The van der Waals surface area contributed by atoms with Crippen LogP contribution in [0.3, 0.4) is 0 Å². The van der Waals surface area contributed by atoms with Crippen LogP contribution in [0.15, 0.2) is 48.7 Å². The summed E-state index contributed by atoms with van der Waals surface area (Å²) in [6.07, 6.45) is 3.86. The van der Waals surface area contributed by atoms with Crippen molar-refractivity contribution in [1.29, 1.82) is 0 Å². The molecule has 3 heterocycles. The number of pyridine rings is 1. The van der Waals surface area contributed by atoms with Crippen molar-refractivity contribution in [2.45, 2.75) is 38.1 Å². The van der Waals surface area contributed by atoms with E-state index in [2.05, 4.69) is 53.3 Å². The number of hydrogen-bond donors (Lipinski definition) is 1. The molecule has 0 amide bonds. The highest BCUT2D eigenvalue weighted by molar-refractivity contribution is 5.38. The summed E-state index contributed by atoms with van der Waals surface area (Å²) in [7, 11) is 0. The Morgan fingerprint density at radius 3 is 2.55 bits per heavy atom. The van der Waals surface area contributed by atoms with Gasteiger partial charge in [-0.05, 0) is 56.5 Å². The van der Waals surface area contributed by atoms with Crippen molar-refractivity contribution in [3.05, 3.63) is 54.2 Å². The molecule has 1 aromatic heterocycles. The standard InChI is InChI=1S/C24H33N3O2/c1-19(2)27-15-20(16-27)17-29-22-8-6-21(7-9-22)24(10-13-28-14-11-24)18-26-23-5-3-4-12-25-23/h3-9,12,19-20H,10-11,13-18H2,1-2H3,(H,25,26). The average Bonchev–Trinajstić information content (AvgIpc) is 2.73. The predicted octanol–water partition coefficient (Wildman–Crippen LogP) is 3.96. The summed E-state index contributed by atoms with van der Waals surface area (Å²) < 4.78 is 11.7. The fourth-order valence-electron chi connectivity index (χ4n) is 4.31. The fourth-order valence-corrected chi connectivity index (χ4v) is 4.31. The topological polar surface area (TPSA) is 46.6 Å². The van der Waals surface area contributed by atoms with E-state index in [9.17, 15) is 0 Å². The van der Waals surface area contributed by atoms with E-state index in [1.807, 2.05) is 24.4 Å². The van der Waals surface area contributed by atoms with Gasteiger partial charge >= 0.3 is 0 Å². The Bertz CT molecular complexity index is 751. The summed E-state index contributed by atoms with van der Waals surface area (Å²) in [5.41, 5.74) is 1.42. The Morgan fingerprint density at radius 2 is 1.90 bits per heavy atom. The molecule has 2 fully saturated rings. The number of aromatic nitrogens is 1. The second-order valence-corrected chi connectivity index (χ2v) is 8.71. The number of ether oxygens (including phenoxy) is 2. The molecule has 0 unspecified atom stereocenters. The monoisotopic (exact) mass is 395 g/mol. The van der Waals surface area contributed by atoms with Crippen LogP contribution in [-0.4, -0.2) is 55.4 Å². The first-order valence-corrected chi connectivity index (χ1v) is 10.8. The van der Waals surface area contributed by atoms with Gasteiger partial charge in [-0.2, -0.15) is 0 Å². The molecular weight excluding hydrogens is 362 g/mol. The Morgan fingerprint density at radius 1 is 1.14 bits per heavy atom. The van der Waals surface area contributed by atoms with Crippen LogP contribution < -0.4 is 10.1 Å². The van der Waals surface area contributed by atoms with E-state index < -0.39 is 0 Å². The lowest BCUT2D eigenvalue weighted by Crippen LogP contribution is -2.52. The normalized spacial score (nSPS) is 19.7. The second-order valence-electron chi connectivity index (χ2n) is 8.71. The summed E-state index contributed by atoms with van der Waals surface area (Å²) in [4.78, 5) is 6.89. The SMILES string of the molecule is CC(C)N1CC(COc2ccc(C3(CNc4ccccn4)CCOCC3)cc2)C1. The molecule has 1 aromatic carbocycles. The molecule has 5 heteroatoms. The van der Waals surface area contributed by atoms with E-state index in [1.54, 1.807) is 0 Å². The smallest absolute Gasteiger partial charge is 0.125 e. The van der Waals surface area contributed by atoms with Crippen molar-refractivity contribution >= 4 is 5.82 Å². The van der Waals surface area contributed by atoms with Crippen LogP contribution >= 0.6 is 0 Å². The fraction of sp³-hybridized carbons (Fsp3) is 0.542. The number of nitrogens with zero attached hydrogens (tertiary/aromatic N) is 2. The molecular formula is C24H33N3O2. The molecule has 0 radical (unpaired) electrons. The van der Waals surface area contributed by atoms with Gasteiger partial charge in [-0.1, -0.05) is 18.2 Å². The molecule has 2 aliphatic rings. The minimum absolute atomic E-state index is 0.0695. The maximum Gasteiger partial charge on any atom is 0.125 e. The van der Waals surface area contributed by atoms with Crippen LogP contribution in [0.25, 0.3) is 0 Å². The number of hydrogen-bond acceptors (Lipinski definition) is 5. The van der Waals surface area contributed by atoms with Crippen molar-refractivity contribution in [2.24, 2.45) is 5.92 Å². The Kier molecular flexibility index (Phi) is 6.36. The molecule has 2 saturated heterocycles. The molecule has 0 spiro atoms. The Hall–Kier alpha value is -2.11. The van der Waals surface area contributed by atoms with Crippen LogP contribution in [0.1, 0.15) is 32.3 Å². The summed E-state index contributed by atoms with van der Waals surface area (Å²) in [6, 6.07) is 15.4. The van der Waals surface area contributed by atoms with Crippen LogP contribution in [0.2, 0.25) is 0 Å². The van der Waals surface area contributed by atoms with Crippen LogP contribution in [0, 0.1) is 5.92 Å². The minimum Gasteiger partial charge on any atom is -0.493 e. The first-order valence-electron chi connectivity index (χ1n) is 10.8. The highest BCUT2D eigenvalue weighted by atomic mass is 16.5. The zero-order valence-corrected chi connectivity index (χ0v) is 17.6. The average molecular weight is 396 g/mol. The van der Waals surface area contributed by atoms with Crippen molar-refractivity contribution in [2.75, 3.05) is 44.8 Å². The van der Waals surface area contributed by atoms with Gasteiger partial charge < -0.3 is 19.7 Å². The van der Waals surface area contributed by atoms with Gasteiger partial charge in [0, 0.05) is 56.4 Å². The van der Waals surface area contributed by atoms with E-state index >= 15 is 0 Å². The number of anilines is 1. The third-order valence-electron chi connectivity index (χ3n) is 6.39. The third-order valence-corrected chi connectivity index (χ3v) is 6.39. The molecule has 2 aromatic rings. The van der Waals surface area contributed by atoms with E-state index in [0.29, 0.717) is 12.0 Å². The molecule has 0 saturated carbocycles. The summed E-state index contributed by atoms with van der Waals surface area (Å²) >= 11 is 0. The predicted molar refractivity (Wildman–Crippen MR) is 117 cm³/mol.